The number of benzene rings is 1. The molecule has 0 aromatic heterocycles. The molecule has 164 valence electrons. The van der Waals surface area contributed by atoms with Gasteiger partial charge in [0.1, 0.15) is 5.75 Å². The van der Waals surface area contributed by atoms with E-state index in [0.717, 1.165) is 11.7 Å². The Labute approximate surface area is 168 Å². The molecule has 29 heavy (non-hydrogen) atoms. The quantitative estimate of drug-likeness (QED) is 0.484. The van der Waals surface area contributed by atoms with Gasteiger partial charge < -0.3 is 20.3 Å². The number of ether oxygens (including phenoxy) is 2. The predicted molar refractivity (Wildman–Crippen MR) is 101 cm³/mol. The number of rotatable bonds is 8. The summed E-state index contributed by atoms with van der Waals surface area (Å²) in [6.45, 7) is 6.80. The highest BCUT2D eigenvalue weighted by Crippen LogP contribution is 2.46. The lowest BCUT2D eigenvalue weighted by molar-refractivity contribution is -0.192. The van der Waals surface area contributed by atoms with Crippen molar-refractivity contribution in [1.29, 1.82) is 0 Å². The van der Waals surface area contributed by atoms with E-state index in [1.807, 2.05) is 0 Å². The van der Waals surface area contributed by atoms with Crippen LogP contribution in [0.2, 0.25) is 0 Å². The van der Waals surface area contributed by atoms with Crippen LogP contribution in [-0.2, 0) is 14.3 Å². The standard InChI is InChI=1S/C18H27NO3.C2HF3O2/c1-12(2)15-5-4-6-16(13(3)14-7-8-14)18(15)22-11-21-17(20)9-10-19;3-2(4,5)1(6)7/h4-6,12-14H,7-11,19H2,1-3H3;(H,6,7). The normalized spacial score (nSPS) is 14.6. The Bertz CT molecular complexity index is 687. The molecule has 0 bridgehead atoms. The van der Waals surface area contributed by atoms with Crippen LogP contribution in [0.5, 0.6) is 5.75 Å². The maximum Gasteiger partial charge on any atom is 0.490 e. The van der Waals surface area contributed by atoms with Gasteiger partial charge in [-0.25, -0.2) is 4.79 Å². The highest BCUT2D eigenvalue weighted by molar-refractivity contribution is 5.73. The number of hydrogen-bond acceptors (Lipinski definition) is 5. The molecule has 1 aromatic carbocycles. The summed E-state index contributed by atoms with van der Waals surface area (Å²) in [6.07, 6.45) is -2.28. The van der Waals surface area contributed by atoms with Gasteiger partial charge in [0.25, 0.3) is 0 Å². The zero-order valence-electron chi connectivity index (χ0n) is 16.8. The number of carbonyl (C=O) groups is 2. The van der Waals surface area contributed by atoms with Gasteiger partial charge >= 0.3 is 18.1 Å². The monoisotopic (exact) mass is 419 g/mol. The van der Waals surface area contributed by atoms with Gasteiger partial charge in [-0.1, -0.05) is 39.0 Å². The molecule has 1 atom stereocenters. The summed E-state index contributed by atoms with van der Waals surface area (Å²) in [6, 6.07) is 6.31. The molecule has 0 spiro atoms. The average Bonchev–Trinajstić information content (AvgIpc) is 3.46. The van der Waals surface area contributed by atoms with E-state index in [4.69, 9.17) is 25.1 Å². The Morgan fingerprint density at radius 3 is 2.21 bits per heavy atom. The number of carboxylic acid groups (broad SMARTS) is 1. The van der Waals surface area contributed by atoms with Crippen molar-refractivity contribution in [2.24, 2.45) is 11.7 Å². The van der Waals surface area contributed by atoms with Crippen LogP contribution in [0.25, 0.3) is 0 Å². The molecule has 6 nitrogen and oxygen atoms in total. The number of hydrogen-bond donors (Lipinski definition) is 2. The fraction of sp³-hybridized carbons (Fsp3) is 0.600. The van der Waals surface area contributed by atoms with Crippen molar-refractivity contribution in [3.8, 4) is 5.75 Å². The zero-order valence-corrected chi connectivity index (χ0v) is 16.8. The second-order valence-corrected chi connectivity index (χ2v) is 7.17. The summed E-state index contributed by atoms with van der Waals surface area (Å²) < 4.78 is 42.7. The van der Waals surface area contributed by atoms with E-state index in [-0.39, 0.29) is 19.2 Å². The summed E-state index contributed by atoms with van der Waals surface area (Å²) in [5, 5.41) is 7.12. The first kappa shape index (κ1) is 24.7. The van der Waals surface area contributed by atoms with Crippen molar-refractivity contribution in [3.05, 3.63) is 29.3 Å². The van der Waals surface area contributed by atoms with Gasteiger partial charge in [0.2, 0.25) is 6.79 Å². The third-order valence-corrected chi connectivity index (χ3v) is 4.53. The molecule has 0 radical (unpaired) electrons. The summed E-state index contributed by atoms with van der Waals surface area (Å²) in [5.74, 6) is -0.592. The van der Waals surface area contributed by atoms with Gasteiger partial charge in [-0.05, 0) is 41.7 Å². The molecule has 2 rings (SSSR count). The molecule has 0 aliphatic heterocycles. The first-order chi connectivity index (χ1) is 13.5. The van der Waals surface area contributed by atoms with Crippen molar-refractivity contribution in [2.75, 3.05) is 13.3 Å². The number of aliphatic carboxylic acids is 1. The van der Waals surface area contributed by atoms with Crippen molar-refractivity contribution in [3.63, 3.8) is 0 Å². The second-order valence-electron chi connectivity index (χ2n) is 7.17. The molecule has 3 N–H and O–H groups in total. The summed E-state index contributed by atoms with van der Waals surface area (Å²) in [4.78, 5) is 20.3. The fourth-order valence-corrected chi connectivity index (χ4v) is 2.75. The van der Waals surface area contributed by atoms with Crippen LogP contribution >= 0.6 is 0 Å². The van der Waals surface area contributed by atoms with Gasteiger partial charge in [-0.15, -0.1) is 0 Å². The highest BCUT2D eigenvalue weighted by Gasteiger charge is 2.38. The molecule has 1 aliphatic rings. The van der Waals surface area contributed by atoms with Crippen LogP contribution in [0.3, 0.4) is 0 Å². The molecule has 1 saturated carbocycles. The van der Waals surface area contributed by atoms with Gasteiger partial charge in [0.05, 0.1) is 6.42 Å². The van der Waals surface area contributed by atoms with Gasteiger partial charge in [-0.3, -0.25) is 4.79 Å². The first-order valence-corrected chi connectivity index (χ1v) is 9.40. The predicted octanol–water partition coefficient (Wildman–Crippen LogP) is 4.19. The molecule has 1 unspecified atom stereocenters. The molecule has 0 amide bonds. The Morgan fingerprint density at radius 1 is 1.21 bits per heavy atom. The minimum atomic E-state index is -5.08. The van der Waals surface area contributed by atoms with Gasteiger partial charge in [0, 0.05) is 6.54 Å². The molecule has 0 heterocycles. The third kappa shape index (κ3) is 8.31. The number of nitrogens with two attached hydrogens (primary N) is 1. The Kier molecular flexibility index (Phi) is 9.42. The van der Waals surface area contributed by atoms with E-state index >= 15 is 0 Å². The molecular formula is C20H28F3NO5. The van der Waals surface area contributed by atoms with Crippen LogP contribution in [0, 0.1) is 5.92 Å². The lowest BCUT2D eigenvalue weighted by atomic mass is 9.90. The number of carboxylic acids is 1. The number of carbonyl (C=O) groups excluding carboxylic acids is 1. The minimum absolute atomic E-state index is 0.0487. The first-order valence-electron chi connectivity index (χ1n) is 9.40. The topological polar surface area (TPSA) is 98.9 Å². The average molecular weight is 419 g/mol. The molecule has 1 aliphatic carbocycles. The molecule has 1 aromatic rings. The van der Waals surface area contributed by atoms with Crippen molar-refractivity contribution < 1.29 is 37.3 Å². The van der Waals surface area contributed by atoms with Crippen LogP contribution in [0.15, 0.2) is 18.2 Å². The highest BCUT2D eigenvalue weighted by atomic mass is 19.4. The van der Waals surface area contributed by atoms with Crippen LogP contribution < -0.4 is 10.5 Å². The molecule has 1 fully saturated rings. The van der Waals surface area contributed by atoms with E-state index in [1.165, 1.54) is 24.0 Å². The minimum Gasteiger partial charge on any atom is -0.475 e. The van der Waals surface area contributed by atoms with Crippen molar-refractivity contribution in [2.45, 2.75) is 58.0 Å². The maximum atomic E-state index is 11.4. The van der Waals surface area contributed by atoms with E-state index in [9.17, 15) is 18.0 Å². The number of para-hydroxylation sites is 1. The largest absolute Gasteiger partial charge is 0.490 e. The van der Waals surface area contributed by atoms with Gasteiger partial charge in [0.15, 0.2) is 0 Å². The molecule has 9 heteroatoms. The smallest absolute Gasteiger partial charge is 0.475 e. The number of esters is 1. The number of alkyl halides is 3. The summed E-state index contributed by atoms with van der Waals surface area (Å²) >= 11 is 0. The second kappa shape index (κ2) is 11.0. The zero-order chi connectivity index (χ0) is 22.2. The molecule has 0 saturated heterocycles. The van der Waals surface area contributed by atoms with E-state index < -0.39 is 12.1 Å². The third-order valence-electron chi connectivity index (χ3n) is 4.53. The number of halogens is 3. The van der Waals surface area contributed by atoms with E-state index in [1.54, 1.807) is 0 Å². The molecular weight excluding hydrogens is 391 g/mol. The Morgan fingerprint density at radius 2 is 1.76 bits per heavy atom. The van der Waals surface area contributed by atoms with Crippen molar-refractivity contribution >= 4 is 11.9 Å². The van der Waals surface area contributed by atoms with Crippen molar-refractivity contribution in [1.82, 2.24) is 0 Å². The SMILES string of the molecule is CC(C)c1cccc(C(C)C2CC2)c1OCOC(=O)CCN.O=C(O)C(F)(F)F. The van der Waals surface area contributed by atoms with E-state index in [0.29, 0.717) is 18.4 Å². The Hall–Kier alpha value is -2.29. The van der Waals surface area contributed by atoms with Gasteiger partial charge in [-0.2, -0.15) is 13.2 Å². The summed E-state index contributed by atoms with van der Waals surface area (Å²) in [5.41, 5.74) is 7.73. The van der Waals surface area contributed by atoms with Crippen LogP contribution in [0.4, 0.5) is 13.2 Å². The Balaban J connectivity index is 0.000000516. The fourth-order valence-electron chi connectivity index (χ4n) is 2.75. The van der Waals surface area contributed by atoms with Crippen LogP contribution in [0.1, 0.15) is 63.0 Å². The summed E-state index contributed by atoms with van der Waals surface area (Å²) in [7, 11) is 0. The van der Waals surface area contributed by atoms with Crippen LogP contribution in [-0.4, -0.2) is 36.6 Å². The lowest BCUT2D eigenvalue weighted by Gasteiger charge is -2.21. The lowest BCUT2D eigenvalue weighted by Crippen LogP contribution is -2.21. The maximum absolute atomic E-state index is 11.4. The van der Waals surface area contributed by atoms with E-state index in [2.05, 4.69) is 39.0 Å².